The van der Waals surface area contributed by atoms with Gasteiger partial charge in [-0.05, 0) is 33.3 Å². The Labute approximate surface area is 131 Å². The minimum absolute atomic E-state index is 0.126. The fourth-order valence-corrected chi connectivity index (χ4v) is 2.00. The van der Waals surface area contributed by atoms with Crippen LogP contribution in [-0.2, 0) is 6.54 Å². The van der Waals surface area contributed by atoms with E-state index in [1.807, 2.05) is 51.1 Å². The maximum absolute atomic E-state index is 12.3. The Morgan fingerprint density at radius 3 is 2.45 bits per heavy atom. The summed E-state index contributed by atoms with van der Waals surface area (Å²) < 4.78 is 0. The number of anilines is 1. The summed E-state index contributed by atoms with van der Waals surface area (Å²) in [5.74, 6) is 1.02. The van der Waals surface area contributed by atoms with Crippen molar-refractivity contribution in [3.63, 3.8) is 0 Å². The van der Waals surface area contributed by atoms with Crippen LogP contribution in [0.5, 0.6) is 0 Å². The van der Waals surface area contributed by atoms with Crippen molar-refractivity contribution in [3.8, 4) is 0 Å². The molecule has 0 aliphatic rings. The molecule has 0 unspecified atom stereocenters. The zero-order chi connectivity index (χ0) is 16.2. The predicted molar refractivity (Wildman–Crippen MR) is 87.8 cm³/mol. The molecule has 2 N–H and O–H groups in total. The van der Waals surface area contributed by atoms with Gasteiger partial charge in [-0.15, -0.1) is 0 Å². The van der Waals surface area contributed by atoms with Crippen LogP contribution < -0.4 is 10.6 Å². The number of rotatable bonds is 4. The third kappa shape index (κ3) is 4.84. The van der Waals surface area contributed by atoms with Crippen LogP contribution in [-0.4, -0.2) is 21.4 Å². The molecule has 1 heterocycles. The van der Waals surface area contributed by atoms with Crippen LogP contribution in [0.4, 0.5) is 5.82 Å². The van der Waals surface area contributed by atoms with Crippen LogP contribution in [0.15, 0.2) is 36.4 Å². The Kier molecular flexibility index (Phi) is 4.75. The van der Waals surface area contributed by atoms with E-state index in [0.29, 0.717) is 23.9 Å². The molecule has 1 amide bonds. The first-order valence-electron chi connectivity index (χ1n) is 7.29. The highest BCUT2D eigenvalue weighted by Crippen LogP contribution is 2.13. The fraction of sp³-hybridized carbons (Fsp3) is 0.353. The first kappa shape index (κ1) is 15.9. The Bertz CT molecular complexity index is 647. The standard InChI is InChI=1S/C17H22N4O/c1-12-19-14(10-15(20-12)21-17(2,3)4)16(22)18-11-13-8-6-5-7-9-13/h5-10H,11H2,1-4H3,(H,18,22)(H,19,20,21). The van der Waals surface area contributed by atoms with Gasteiger partial charge in [0.15, 0.2) is 0 Å². The summed E-state index contributed by atoms with van der Waals surface area (Å²) in [6.45, 7) is 8.38. The molecule has 1 aromatic carbocycles. The Hall–Kier alpha value is -2.43. The quantitative estimate of drug-likeness (QED) is 0.910. The maximum atomic E-state index is 12.3. The van der Waals surface area contributed by atoms with Crippen LogP contribution in [0.2, 0.25) is 0 Å². The minimum atomic E-state index is -0.202. The molecule has 2 rings (SSSR count). The second-order valence-electron chi connectivity index (χ2n) is 6.23. The summed E-state index contributed by atoms with van der Waals surface area (Å²) in [5, 5.41) is 6.14. The number of aromatic nitrogens is 2. The normalized spacial score (nSPS) is 11.1. The van der Waals surface area contributed by atoms with Crippen molar-refractivity contribution in [2.45, 2.75) is 39.8 Å². The number of carbonyl (C=O) groups is 1. The highest BCUT2D eigenvalue weighted by atomic mass is 16.1. The Morgan fingerprint density at radius 1 is 1.14 bits per heavy atom. The van der Waals surface area contributed by atoms with E-state index in [4.69, 9.17) is 0 Å². The molecule has 0 bridgehead atoms. The first-order valence-corrected chi connectivity index (χ1v) is 7.29. The highest BCUT2D eigenvalue weighted by molar-refractivity contribution is 5.92. The van der Waals surface area contributed by atoms with E-state index in [-0.39, 0.29) is 11.4 Å². The van der Waals surface area contributed by atoms with Crippen molar-refractivity contribution < 1.29 is 4.79 Å². The number of nitrogens with one attached hydrogen (secondary N) is 2. The van der Waals surface area contributed by atoms with Gasteiger partial charge in [-0.1, -0.05) is 30.3 Å². The van der Waals surface area contributed by atoms with Gasteiger partial charge in [-0.25, -0.2) is 9.97 Å². The number of hydrogen-bond donors (Lipinski definition) is 2. The second kappa shape index (κ2) is 6.56. The molecule has 0 aliphatic carbocycles. The highest BCUT2D eigenvalue weighted by Gasteiger charge is 2.14. The van der Waals surface area contributed by atoms with Crippen LogP contribution in [0.3, 0.4) is 0 Å². The first-order chi connectivity index (χ1) is 10.3. The van der Waals surface area contributed by atoms with Gasteiger partial charge in [0.1, 0.15) is 17.3 Å². The Balaban J connectivity index is 2.09. The SMILES string of the molecule is Cc1nc(NC(C)(C)C)cc(C(=O)NCc2ccccc2)n1. The lowest BCUT2D eigenvalue weighted by molar-refractivity contribution is 0.0945. The molecule has 0 radical (unpaired) electrons. The number of nitrogens with zero attached hydrogens (tertiary/aromatic N) is 2. The van der Waals surface area contributed by atoms with E-state index < -0.39 is 0 Å². The molecular formula is C17H22N4O. The number of amides is 1. The van der Waals surface area contributed by atoms with Gasteiger partial charge in [0.25, 0.3) is 5.91 Å². The van der Waals surface area contributed by atoms with Crippen LogP contribution in [0, 0.1) is 6.92 Å². The summed E-state index contributed by atoms with van der Waals surface area (Å²) in [4.78, 5) is 20.8. The molecule has 0 saturated heterocycles. The van der Waals surface area contributed by atoms with E-state index in [2.05, 4.69) is 20.6 Å². The van der Waals surface area contributed by atoms with E-state index in [1.54, 1.807) is 13.0 Å². The average molecular weight is 298 g/mol. The molecule has 0 saturated carbocycles. The monoisotopic (exact) mass is 298 g/mol. The minimum Gasteiger partial charge on any atom is -0.365 e. The smallest absolute Gasteiger partial charge is 0.270 e. The number of hydrogen-bond acceptors (Lipinski definition) is 4. The van der Waals surface area contributed by atoms with Crippen LogP contribution in [0.1, 0.15) is 42.6 Å². The van der Waals surface area contributed by atoms with Crippen molar-refractivity contribution in [2.24, 2.45) is 0 Å². The van der Waals surface area contributed by atoms with Gasteiger partial charge in [-0.3, -0.25) is 4.79 Å². The van der Waals surface area contributed by atoms with Gasteiger partial charge in [0, 0.05) is 18.2 Å². The summed E-state index contributed by atoms with van der Waals surface area (Å²) >= 11 is 0. The summed E-state index contributed by atoms with van der Waals surface area (Å²) in [7, 11) is 0. The molecule has 0 spiro atoms. The lowest BCUT2D eigenvalue weighted by atomic mass is 10.1. The molecule has 22 heavy (non-hydrogen) atoms. The molecule has 116 valence electrons. The van der Waals surface area contributed by atoms with Gasteiger partial charge >= 0.3 is 0 Å². The summed E-state index contributed by atoms with van der Waals surface area (Å²) in [5.41, 5.74) is 1.29. The molecule has 0 fully saturated rings. The van der Waals surface area contributed by atoms with E-state index in [0.717, 1.165) is 5.56 Å². The zero-order valence-corrected chi connectivity index (χ0v) is 13.5. The predicted octanol–water partition coefficient (Wildman–Crippen LogP) is 2.93. The molecule has 2 aromatic rings. The largest absolute Gasteiger partial charge is 0.365 e. The topological polar surface area (TPSA) is 66.9 Å². The lowest BCUT2D eigenvalue weighted by Crippen LogP contribution is -2.28. The van der Waals surface area contributed by atoms with Crippen molar-refractivity contribution in [3.05, 3.63) is 53.5 Å². The maximum Gasteiger partial charge on any atom is 0.270 e. The van der Waals surface area contributed by atoms with E-state index >= 15 is 0 Å². The second-order valence-corrected chi connectivity index (χ2v) is 6.23. The lowest BCUT2D eigenvalue weighted by Gasteiger charge is -2.21. The van der Waals surface area contributed by atoms with Crippen molar-refractivity contribution in [1.29, 1.82) is 0 Å². The summed E-state index contributed by atoms with van der Waals surface area (Å²) in [6.07, 6.45) is 0. The summed E-state index contributed by atoms with van der Waals surface area (Å²) in [6, 6.07) is 11.5. The number of carbonyl (C=O) groups excluding carboxylic acids is 1. The van der Waals surface area contributed by atoms with Crippen molar-refractivity contribution in [2.75, 3.05) is 5.32 Å². The molecule has 0 atom stereocenters. The molecular weight excluding hydrogens is 276 g/mol. The number of benzene rings is 1. The van der Waals surface area contributed by atoms with E-state index in [9.17, 15) is 4.79 Å². The van der Waals surface area contributed by atoms with Gasteiger partial charge in [0.05, 0.1) is 0 Å². The van der Waals surface area contributed by atoms with Gasteiger partial charge in [0.2, 0.25) is 0 Å². The fourth-order valence-electron chi connectivity index (χ4n) is 2.00. The zero-order valence-electron chi connectivity index (χ0n) is 13.5. The number of aryl methyl sites for hydroxylation is 1. The van der Waals surface area contributed by atoms with Crippen LogP contribution >= 0.6 is 0 Å². The van der Waals surface area contributed by atoms with Crippen molar-refractivity contribution in [1.82, 2.24) is 15.3 Å². The average Bonchev–Trinajstić information content (AvgIpc) is 2.43. The molecule has 0 aliphatic heterocycles. The molecule has 1 aromatic heterocycles. The third-order valence-electron chi connectivity index (χ3n) is 2.87. The van der Waals surface area contributed by atoms with E-state index in [1.165, 1.54) is 0 Å². The molecule has 5 heteroatoms. The third-order valence-corrected chi connectivity index (χ3v) is 2.87. The van der Waals surface area contributed by atoms with Crippen molar-refractivity contribution >= 4 is 11.7 Å². The van der Waals surface area contributed by atoms with Crippen LogP contribution in [0.25, 0.3) is 0 Å². The Morgan fingerprint density at radius 2 is 1.82 bits per heavy atom. The van der Waals surface area contributed by atoms with Gasteiger partial charge < -0.3 is 10.6 Å². The molecule has 5 nitrogen and oxygen atoms in total. The van der Waals surface area contributed by atoms with Gasteiger partial charge in [-0.2, -0.15) is 0 Å².